The summed E-state index contributed by atoms with van der Waals surface area (Å²) in [5.74, 6) is -0.693. The quantitative estimate of drug-likeness (QED) is 0.767. The zero-order valence-electron chi connectivity index (χ0n) is 11.7. The van der Waals surface area contributed by atoms with Crippen molar-refractivity contribution in [3.8, 4) is 0 Å². The lowest BCUT2D eigenvalue weighted by Crippen LogP contribution is -2.19. The maximum Gasteiger partial charge on any atom is 0.303 e. The van der Waals surface area contributed by atoms with Gasteiger partial charge in [-0.2, -0.15) is 0 Å². The van der Waals surface area contributed by atoms with E-state index in [4.69, 9.17) is 5.11 Å². The number of carboxylic acids is 1. The van der Waals surface area contributed by atoms with Crippen LogP contribution in [0.1, 0.15) is 42.4 Å². The van der Waals surface area contributed by atoms with Crippen LogP contribution in [0.4, 0.5) is 0 Å². The van der Waals surface area contributed by atoms with E-state index in [1.54, 1.807) is 0 Å². The summed E-state index contributed by atoms with van der Waals surface area (Å²) in [5.41, 5.74) is 4.42. The zero-order valence-corrected chi connectivity index (χ0v) is 11.7. The molecule has 0 fully saturated rings. The van der Waals surface area contributed by atoms with Gasteiger partial charge in [0.1, 0.15) is 0 Å². The van der Waals surface area contributed by atoms with Gasteiger partial charge < -0.3 is 10.0 Å². The average molecular weight is 261 g/mol. The largest absolute Gasteiger partial charge is 0.481 e. The summed E-state index contributed by atoms with van der Waals surface area (Å²) < 4.78 is 0. The van der Waals surface area contributed by atoms with Crippen LogP contribution in [0.15, 0.2) is 18.2 Å². The molecule has 0 aromatic heterocycles. The Bertz CT molecular complexity index is 442. The van der Waals surface area contributed by atoms with Crippen LogP contribution in [0.3, 0.4) is 0 Å². The van der Waals surface area contributed by atoms with Crippen LogP contribution in [-0.4, -0.2) is 29.6 Å². The van der Waals surface area contributed by atoms with Crippen LogP contribution in [0, 0.1) is 0 Å². The number of aryl methyl sites for hydroxylation is 2. The van der Waals surface area contributed by atoms with Crippen LogP contribution in [0.5, 0.6) is 0 Å². The Morgan fingerprint density at radius 2 is 2.05 bits per heavy atom. The minimum absolute atomic E-state index is 0.284. The van der Waals surface area contributed by atoms with E-state index in [9.17, 15) is 4.79 Å². The van der Waals surface area contributed by atoms with E-state index in [1.165, 1.54) is 36.0 Å². The van der Waals surface area contributed by atoms with Gasteiger partial charge in [-0.25, -0.2) is 0 Å². The van der Waals surface area contributed by atoms with Crippen molar-refractivity contribution >= 4 is 5.97 Å². The van der Waals surface area contributed by atoms with E-state index in [1.807, 2.05) is 0 Å². The van der Waals surface area contributed by atoms with E-state index in [-0.39, 0.29) is 6.42 Å². The Kier molecular flexibility index (Phi) is 4.97. The SMILES string of the molecule is CN(CCCCC(=O)O)Cc1ccc2c(c1)CCC2. The fraction of sp³-hybridized carbons (Fsp3) is 0.562. The monoisotopic (exact) mass is 261 g/mol. The number of hydrogen-bond donors (Lipinski definition) is 1. The number of benzene rings is 1. The summed E-state index contributed by atoms with van der Waals surface area (Å²) in [6, 6.07) is 6.85. The molecule has 1 aromatic carbocycles. The number of carboxylic acid groups (broad SMARTS) is 1. The van der Waals surface area contributed by atoms with Crippen LogP contribution in [-0.2, 0) is 24.2 Å². The van der Waals surface area contributed by atoms with Gasteiger partial charge in [0.15, 0.2) is 0 Å². The summed E-state index contributed by atoms with van der Waals surface area (Å²) in [5, 5.41) is 8.59. The van der Waals surface area contributed by atoms with Crippen LogP contribution < -0.4 is 0 Å². The van der Waals surface area contributed by atoms with Gasteiger partial charge in [0, 0.05) is 13.0 Å². The molecule has 0 aliphatic heterocycles. The predicted molar refractivity (Wildman–Crippen MR) is 76.3 cm³/mol. The molecule has 1 N–H and O–H groups in total. The molecule has 0 radical (unpaired) electrons. The standard InChI is InChI=1S/C16H23NO2/c1-17(10-3-2-7-16(18)19)12-13-8-9-14-5-4-6-15(14)11-13/h8-9,11H,2-7,10,12H2,1H3,(H,18,19). The first kappa shape index (κ1) is 14.1. The Morgan fingerprint density at radius 1 is 1.26 bits per heavy atom. The van der Waals surface area contributed by atoms with Gasteiger partial charge in [0.25, 0.3) is 0 Å². The number of carbonyl (C=O) groups is 1. The van der Waals surface area contributed by atoms with Crippen molar-refractivity contribution < 1.29 is 9.90 Å². The molecule has 0 spiro atoms. The first-order valence-electron chi connectivity index (χ1n) is 7.16. The molecule has 0 unspecified atom stereocenters. The minimum atomic E-state index is -0.693. The second-order valence-electron chi connectivity index (χ2n) is 5.55. The molecule has 0 heterocycles. The number of nitrogens with zero attached hydrogens (tertiary/aromatic N) is 1. The number of hydrogen-bond acceptors (Lipinski definition) is 2. The van der Waals surface area contributed by atoms with Gasteiger partial charge in [-0.3, -0.25) is 4.79 Å². The van der Waals surface area contributed by atoms with Crippen LogP contribution in [0.2, 0.25) is 0 Å². The number of aliphatic carboxylic acids is 1. The lowest BCUT2D eigenvalue weighted by molar-refractivity contribution is -0.137. The molecule has 0 saturated heterocycles. The van der Waals surface area contributed by atoms with Crippen molar-refractivity contribution in [1.29, 1.82) is 0 Å². The van der Waals surface area contributed by atoms with E-state index in [0.717, 1.165) is 25.9 Å². The molecule has 19 heavy (non-hydrogen) atoms. The average Bonchev–Trinajstić information content (AvgIpc) is 2.82. The zero-order chi connectivity index (χ0) is 13.7. The normalized spacial score (nSPS) is 13.8. The Hall–Kier alpha value is -1.35. The number of rotatable bonds is 7. The fourth-order valence-electron chi connectivity index (χ4n) is 2.77. The summed E-state index contributed by atoms with van der Waals surface area (Å²) in [6.07, 6.45) is 5.76. The van der Waals surface area contributed by atoms with Gasteiger partial charge in [-0.15, -0.1) is 0 Å². The molecular weight excluding hydrogens is 238 g/mol. The molecule has 3 heteroatoms. The molecule has 0 bridgehead atoms. The van der Waals surface area contributed by atoms with Crippen molar-refractivity contribution in [2.75, 3.05) is 13.6 Å². The molecule has 3 nitrogen and oxygen atoms in total. The van der Waals surface area contributed by atoms with Gasteiger partial charge >= 0.3 is 5.97 Å². The summed E-state index contributed by atoms with van der Waals surface area (Å²) in [4.78, 5) is 12.7. The van der Waals surface area contributed by atoms with Crippen LogP contribution in [0.25, 0.3) is 0 Å². The lowest BCUT2D eigenvalue weighted by atomic mass is 10.1. The minimum Gasteiger partial charge on any atom is -0.481 e. The Morgan fingerprint density at radius 3 is 2.84 bits per heavy atom. The summed E-state index contributed by atoms with van der Waals surface area (Å²) >= 11 is 0. The molecule has 0 atom stereocenters. The summed E-state index contributed by atoms with van der Waals surface area (Å²) in [6.45, 7) is 1.92. The summed E-state index contributed by atoms with van der Waals surface area (Å²) in [7, 11) is 2.11. The first-order valence-corrected chi connectivity index (χ1v) is 7.16. The van der Waals surface area contributed by atoms with Crippen molar-refractivity contribution in [1.82, 2.24) is 4.90 Å². The molecule has 104 valence electrons. The van der Waals surface area contributed by atoms with Crippen molar-refractivity contribution in [3.63, 3.8) is 0 Å². The van der Waals surface area contributed by atoms with Crippen LogP contribution >= 0.6 is 0 Å². The molecular formula is C16H23NO2. The highest BCUT2D eigenvalue weighted by Crippen LogP contribution is 2.23. The number of unbranched alkanes of at least 4 members (excludes halogenated alkanes) is 1. The van der Waals surface area contributed by atoms with E-state index >= 15 is 0 Å². The Balaban J connectivity index is 1.75. The Labute approximate surface area is 115 Å². The third kappa shape index (κ3) is 4.35. The molecule has 1 aliphatic carbocycles. The third-order valence-corrected chi connectivity index (χ3v) is 3.80. The lowest BCUT2D eigenvalue weighted by Gasteiger charge is -2.17. The molecule has 2 rings (SSSR count). The fourth-order valence-corrected chi connectivity index (χ4v) is 2.77. The third-order valence-electron chi connectivity index (χ3n) is 3.80. The predicted octanol–water partition coefficient (Wildman–Crippen LogP) is 2.86. The maximum absolute atomic E-state index is 10.4. The molecule has 0 amide bonds. The molecule has 1 aliphatic rings. The second kappa shape index (κ2) is 6.71. The van der Waals surface area contributed by atoms with Gasteiger partial charge in [0.2, 0.25) is 0 Å². The molecule has 0 saturated carbocycles. The van der Waals surface area contributed by atoms with E-state index in [2.05, 4.69) is 30.1 Å². The first-order chi connectivity index (χ1) is 9.15. The second-order valence-corrected chi connectivity index (χ2v) is 5.55. The maximum atomic E-state index is 10.4. The molecule has 1 aromatic rings. The van der Waals surface area contributed by atoms with Crippen molar-refractivity contribution in [3.05, 3.63) is 34.9 Å². The van der Waals surface area contributed by atoms with Gasteiger partial charge in [-0.05, 0) is 62.4 Å². The van der Waals surface area contributed by atoms with E-state index < -0.39 is 5.97 Å². The highest BCUT2D eigenvalue weighted by molar-refractivity contribution is 5.66. The topological polar surface area (TPSA) is 40.5 Å². The van der Waals surface area contributed by atoms with Gasteiger partial charge in [-0.1, -0.05) is 18.2 Å². The van der Waals surface area contributed by atoms with Crippen molar-refractivity contribution in [2.45, 2.75) is 45.1 Å². The highest BCUT2D eigenvalue weighted by atomic mass is 16.4. The smallest absolute Gasteiger partial charge is 0.303 e. The number of fused-ring (bicyclic) bond motifs is 1. The highest BCUT2D eigenvalue weighted by Gasteiger charge is 2.11. The van der Waals surface area contributed by atoms with Gasteiger partial charge in [0.05, 0.1) is 0 Å². The van der Waals surface area contributed by atoms with E-state index in [0.29, 0.717) is 0 Å². The van der Waals surface area contributed by atoms with Crippen molar-refractivity contribution in [2.24, 2.45) is 0 Å².